The van der Waals surface area contributed by atoms with Crippen LogP contribution in [0.15, 0.2) is 36.4 Å². The highest BCUT2D eigenvalue weighted by molar-refractivity contribution is 6.11. The third kappa shape index (κ3) is 3.83. The predicted molar refractivity (Wildman–Crippen MR) is 126 cm³/mol. The van der Waals surface area contributed by atoms with Gasteiger partial charge in [0.1, 0.15) is 31.0 Å². The van der Waals surface area contributed by atoms with E-state index in [0.717, 1.165) is 5.56 Å². The van der Waals surface area contributed by atoms with Crippen LogP contribution in [0.5, 0.6) is 23.0 Å². The summed E-state index contributed by atoms with van der Waals surface area (Å²) in [5.74, 6) is 1.17. The van der Waals surface area contributed by atoms with Gasteiger partial charge in [-0.15, -0.1) is 0 Å². The summed E-state index contributed by atoms with van der Waals surface area (Å²) in [5, 5.41) is 41.5. The molecule has 0 bridgehead atoms. The van der Waals surface area contributed by atoms with Gasteiger partial charge >= 0.3 is 5.97 Å². The lowest BCUT2D eigenvalue weighted by atomic mass is 9.90. The highest BCUT2D eigenvalue weighted by Gasteiger charge is 2.45. The first-order valence-electron chi connectivity index (χ1n) is 11.6. The van der Waals surface area contributed by atoms with Crippen molar-refractivity contribution in [1.82, 2.24) is 0 Å². The van der Waals surface area contributed by atoms with Gasteiger partial charge in [0.2, 0.25) is 13.1 Å². The molecule has 3 aromatic carbocycles. The van der Waals surface area contributed by atoms with Crippen molar-refractivity contribution in [3.8, 4) is 34.1 Å². The van der Waals surface area contributed by atoms with Gasteiger partial charge in [-0.25, -0.2) is 4.79 Å². The van der Waals surface area contributed by atoms with E-state index >= 15 is 0 Å². The van der Waals surface area contributed by atoms with Gasteiger partial charge in [-0.1, -0.05) is 6.07 Å². The van der Waals surface area contributed by atoms with E-state index in [1.165, 1.54) is 7.11 Å². The first-order valence-corrected chi connectivity index (χ1v) is 11.6. The van der Waals surface area contributed by atoms with Crippen molar-refractivity contribution in [2.75, 3.05) is 20.5 Å². The Morgan fingerprint density at radius 3 is 2.51 bits per heavy atom. The summed E-state index contributed by atoms with van der Waals surface area (Å²) in [6.45, 7) is -0.365. The minimum absolute atomic E-state index is 0.108. The Labute approximate surface area is 210 Å². The molecule has 4 N–H and O–H groups in total. The molecule has 1 fully saturated rings. The molecule has 0 saturated carbocycles. The van der Waals surface area contributed by atoms with Crippen molar-refractivity contribution in [2.45, 2.75) is 37.3 Å². The Balaban J connectivity index is 1.47. The molecule has 0 radical (unpaired) electrons. The highest BCUT2D eigenvalue weighted by Crippen LogP contribution is 2.45. The summed E-state index contributed by atoms with van der Waals surface area (Å²) in [6.07, 6.45) is -7.21. The SMILES string of the molecule is COc1cc2c(-c3ccc4c(c3)OCO4)c3c(cc2cc1OC1OC(CO)C(O)C(O)C1O)COC3=O. The minimum Gasteiger partial charge on any atom is -0.493 e. The van der Waals surface area contributed by atoms with E-state index in [0.29, 0.717) is 39.0 Å². The van der Waals surface area contributed by atoms with Crippen LogP contribution in [0, 0.1) is 0 Å². The Bertz CT molecular complexity index is 1380. The van der Waals surface area contributed by atoms with Crippen LogP contribution < -0.4 is 18.9 Å². The van der Waals surface area contributed by atoms with E-state index in [1.807, 2.05) is 12.1 Å². The second kappa shape index (κ2) is 9.05. The number of benzene rings is 3. The van der Waals surface area contributed by atoms with Crippen LogP contribution >= 0.6 is 0 Å². The van der Waals surface area contributed by atoms with E-state index in [9.17, 15) is 25.2 Å². The molecule has 6 rings (SSSR count). The monoisotopic (exact) mass is 512 g/mol. The quantitative estimate of drug-likeness (QED) is 0.363. The molecular weight excluding hydrogens is 488 g/mol. The molecule has 5 atom stereocenters. The van der Waals surface area contributed by atoms with Crippen molar-refractivity contribution in [2.24, 2.45) is 0 Å². The number of ether oxygens (including phenoxy) is 6. The third-order valence-corrected chi connectivity index (χ3v) is 6.82. The van der Waals surface area contributed by atoms with E-state index in [1.54, 1.807) is 24.3 Å². The summed E-state index contributed by atoms with van der Waals surface area (Å²) >= 11 is 0. The normalized spacial score (nSPS) is 26.2. The topological polar surface area (TPSA) is 153 Å². The van der Waals surface area contributed by atoms with Gasteiger partial charge in [0.05, 0.1) is 19.3 Å². The lowest BCUT2D eigenvalue weighted by Gasteiger charge is -2.39. The number of hydrogen-bond donors (Lipinski definition) is 4. The summed E-state index contributed by atoms with van der Waals surface area (Å²) in [4.78, 5) is 12.7. The number of aliphatic hydroxyl groups is 4. The Kier molecular flexibility index (Phi) is 5.81. The van der Waals surface area contributed by atoms with E-state index in [-0.39, 0.29) is 24.9 Å². The number of methoxy groups -OCH3 is 1. The van der Waals surface area contributed by atoms with Crippen LogP contribution in [0.4, 0.5) is 0 Å². The number of cyclic esters (lactones) is 1. The van der Waals surface area contributed by atoms with E-state index < -0.39 is 43.3 Å². The molecule has 3 aromatic rings. The molecule has 194 valence electrons. The van der Waals surface area contributed by atoms with Gasteiger partial charge < -0.3 is 48.8 Å². The van der Waals surface area contributed by atoms with Crippen LogP contribution in [0.2, 0.25) is 0 Å². The number of carbonyl (C=O) groups excluding carboxylic acids is 1. The van der Waals surface area contributed by atoms with Crippen molar-refractivity contribution in [3.63, 3.8) is 0 Å². The molecular formula is C26H24O11. The van der Waals surface area contributed by atoms with Gasteiger partial charge in [0.25, 0.3) is 0 Å². The number of esters is 1. The zero-order valence-corrected chi connectivity index (χ0v) is 19.6. The average molecular weight is 512 g/mol. The molecule has 0 aromatic heterocycles. The molecule has 3 heterocycles. The van der Waals surface area contributed by atoms with E-state index in [2.05, 4.69) is 0 Å². The van der Waals surface area contributed by atoms with Crippen LogP contribution in [0.3, 0.4) is 0 Å². The molecule has 3 aliphatic rings. The predicted octanol–water partition coefficient (Wildman–Crippen LogP) is 1.09. The zero-order valence-electron chi connectivity index (χ0n) is 19.6. The maximum absolute atomic E-state index is 12.7. The first-order chi connectivity index (χ1) is 17.9. The van der Waals surface area contributed by atoms with Crippen molar-refractivity contribution >= 4 is 16.7 Å². The van der Waals surface area contributed by atoms with Crippen LogP contribution in [0.25, 0.3) is 21.9 Å². The number of carbonyl (C=O) groups is 1. The molecule has 3 aliphatic heterocycles. The standard InChI is InChI=1S/C26H24O11/c1-32-16-7-14-12(6-18(16)36-26-24(30)23(29)22(28)19(8-27)37-26)4-13-9-33-25(31)21(13)20(14)11-2-3-15-17(5-11)35-10-34-15/h2-7,19,22-24,26-30H,8-10H2,1H3. The van der Waals surface area contributed by atoms with Gasteiger partial charge in [-0.05, 0) is 46.7 Å². The van der Waals surface area contributed by atoms with Gasteiger partial charge in [0.15, 0.2) is 23.0 Å². The Hall–Kier alpha value is -3.61. The lowest BCUT2D eigenvalue weighted by Crippen LogP contribution is -2.60. The second-order valence-corrected chi connectivity index (χ2v) is 8.97. The summed E-state index contributed by atoms with van der Waals surface area (Å²) < 4.78 is 33.2. The van der Waals surface area contributed by atoms with Gasteiger partial charge in [-0.2, -0.15) is 0 Å². The maximum atomic E-state index is 12.7. The minimum atomic E-state index is -1.59. The third-order valence-electron chi connectivity index (χ3n) is 6.82. The largest absolute Gasteiger partial charge is 0.493 e. The van der Waals surface area contributed by atoms with Crippen LogP contribution in [-0.2, 0) is 16.1 Å². The number of hydrogen-bond acceptors (Lipinski definition) is 11. The fourth-order valence-electron chi connectivity index (χ4n) is 4.92. The summed E-state index contributed by atoms with van der Waals surface area (Å²) in [7, 11) is 1.43. The van der Waals surface area contributed by atoms with Crippen molar-refractivity contribution in [3.05, 3.63) is 47.5 Å². The Morgan fingerprint density at radius 2 is 1.73 bits per heavy atom. The zero-order chi connectivity index (χ0) is 25.8. The van der Waals surface area contributed by atoms with Gasteiger partial charge in [0, 0.05) is 11.1 Å². The second-order valence-electron chi connectivity index (χ2n) is 8.97. The summed E-state index contributed by atoms with van der Waals surface area (Å²) in [5.41, 5.74) is 2.48. The van der Waals surface area contributed by atoms with Crippen molar-refractivity contribution < 1.29 is 53.6 Å². The average Bonchev–Trinajstić information content (AvgIpc) is 3.53. The number of rotatable bonds is 5. The molecule has 11 nitrogen and oxygen atoms in total. The van der Waals surface area contributed by atoms with Gasteiger partial charge in [-0.3, -0.25) is 0 Å². The molecule has 5 unspecified atom stereocenters. The van der Waals surface area contributed by atoms with Crippen LogP contribution in [0.1, 0.15) is 15.9 Å². The van der Waals surface area contributed by atoms with Crippen LogP contribution in [-0.4, -0.2) is 77.6 Å². The fraction of sp³-hybridized carbons (Fsp3) is 0.346. The number of aliphatic hydroxyl groups excluding tert-OH is 4. The first kappa shape index (κ1) is 23.8. The lowest BCUT2D eigenvalue weighted by molar-refractivity contribution is -0.277. The smallest absolute Gasteiger partial charge is 0.339 e. The molecule has 0 spiro atoms. The number of fused-ring (bicyclic) bond motifs is 3. The molecule has 11 heteroatoms. The van der Waals surface area contributed by atoms with E-state index in [4.69, 9.17) is 28.4 Å². The van der Waals surface area contributed by atoms with Crippen molar-refractivity contribution in [1.29, 1.82) is 0 Å². The summed E-state index contributed by atoms with van der Waals surface area (Å²) in [6, 6.07) is 10.6. The Morgan fingerprint density at radius 1 is 0.919 bits per heavy atom. The molecule has 0 amide bonds. The molecule has 37 heavy (non-hydrogen) atoms. The molecule has 0 aliphatic carbocycles. The highest BCUT2D eigenvalue weighted by atomic mass is 16.7. The maximum Gasteiger partial charge on any atom is 0.339 e. The fourth-order valence-corrected chi connectivity index (χ4v) is 4.92. The molecule has 1 saturated heterocycles.